The molecule has 0 saturated heterocycles. The molecule has 4 rings (SSSR count). The van der Waals surface area contributed by atoms with Crippen molar-refractivity contribution < 1.29 is 24.6 Å². The molecule has 0 spiro atoms. The maximum absolute atomic E-state index is 13.1. The van der Waals surface area contributed by atoms with Gasteiger partial charge in [-0.1, -0.05) is 54.6 Å². The fraction of sp³-hybridized carbons (Fsp3) is 0.160. The molecule has 5 nitrogen and oxygen atoms in total. The third-order valence-electron chi connectivity index (χ3n) is 5.90. The molecule has 1 saturated carbocycles. The number of aromatic carboxylic acids is 2. The molecule has 3 aromatic carbocycles. The Balaban J connectivity index is 1.67. The van der Waals surface area contributed by atoms with Crippen molar-refractivity contribution in [3.8, 4) is 0 Å². The summed E-state index contributed by atoms with van der Waals surface area (Å²) in [6.07, 6.45) is 0.658. The van der Waals surface area contributed by atoms with Gasteiger partial charge in [0.1, 0.15) is 0 Å². The van der Waals surface area contributed by atoms with E-state index in [-0.39, 0.29) is 34.7 Å². The van der Waals surface area contributed by atoms with Crippen molar-refractivity contribution in [3.05, 3.63) is 107 Å². The summed E-state index contributed by atoms with van der Waals surface area (Å²) in [6.45, 7) is 0. The summed E-state index contributed by atoms with van der Waals surface area (Å²) in [5, 5.41) is 18.3. The topological polar surface area (TPSA) is 91.7 Å². The zero-order chi connectivity index (χ0) is 21.3. The van der Waals surface area contributed by atoms with Crippen LogP contribution in [0, 0.1) is 5.92 Å². The Bertz CT molecular complexity index is 1080. The Morgan fingerprint density at radius 2 is 1.13 bits per heavy atom. The number of hydrogen-bond donors (Lipinski definition) is 2. The predicted molar refractivity (Wildman–Crippen MR) is 111 cm³/mol. The van der Waals surface area contributed by atoms with Crippen molar-refractivity contribution in [1.29, 1.82) is 0 Å². The van der Waals surface area contributed by atoms with Crippen LogP contribution in [-0.2, 0) is 0 Å². The molecule has 3 atom stereocenters. The van der Waals surface area contributed by atoms with Crippen LogP contribution < -0.4 is 0 Å². The Kier molecular flexibility index (Phi) is 5.19. The highest BCUT2D eigenvalue weighted by atomic mass is 16.4. The average Bonchev–Trinajstić information content (AvgIpc) is 2.74. The lowest BCUT2D eigenvalue weighted by Crippen LogP contribution is -2.38. The number of benzene rings is 3. The van der Waals surface area contributed by atoms with E-state index in [0.29, 0.717) is 12.0 Å². The van der Waals surface area contributed by atoms with Gasteiger partial charge in [-0.3, -0.25) is 4.79 Å². The number of carboxylic acid groups (broad SMARTS) is 2. The van der Waals surface area contributed by atoms with E-state index in [1.165, 1.54) is 0 Å². The molecule has 0 amide bonds. The Labute approximate surface area is 173 Å². The van der Waals surface area contributed by atoms with E-state index < -0.39 is 11.9 Å². The number of carbonyl (C=O) groups excluding carboxylic acids is 1. The first-order valence-corrected chi connectivity index (χ1v) is 9.71. The fourth-order valence-electron chi connectivity index (χ4n) is 4.27. The van der Waals surface area contributed by atoms with Crippen LogP contribution in [0.2, 0.25) is 0 Å². The fourth-order valence-corrected chi connectivity index (χ4v) is 4.27. The van der Waals surface area contributed by atoms with Gasteiger partial charge in [-0.15, -0.1) is 0 Å². The molecule has 1 aliphatic rings. The summed E-state index contributed by atoms with van der Waals surface area (Å²) in [5.41, 5.74) is 2.97. The molecule has 0 aromatic heterocycles. The van der Waals surface area contributed by atoms with Gasteiger partial charge < -0.3 is 10.2 Å². The third kappa shape index (κ3) is 3.62. The van der Waals surface area contributed by atoms with Gasteiger partial charge in [-0.05, 0) is 47.7 Å². The van der Waals surface area contributed by atoms with Crippen molar-refractivity contribution in [2.24, 2.45) is 5.92 Å². The van der Waals surface area contributed by atoms with Gasteiger partial charge in [0.25, 0.3) is 0 Å². The second-order valence-corrected chi connectivity index (χ2v) is 7.56. The van der Waals surface area contributed by atoms with E-state index in [1.54, 1.807) is 48.5 Å². The number of carbonyl (C=O) groups is 3. The zero-order valence-electron chi connectivity index (χ0n) is 16.1. The smallest absolute Gasteiger partial charge is 0.335 e. The van der Waals surface area contributed by atoms with Gasteiger partial charge in [0.15, 0.2) is 5.78 Å². The number of Topliss-reactive ketones (excluding diaryl/α,β-unsaturated/α-hetero) is 1. The average molecular weight is 400 g/mol. The summed E-state index contributed by atoms with van der Waals surface area (Å²) in [6, 6.07) is 22.6. The monoisotopic (exact) mass is 400 g/mol. The Hall–Kier alpha value is -3.73. The van der Waals surface area contributed by atoms with Crippen molar-refractivity contribution in [2.45, 2.75) is 18.3 Å². The first-order valence-electron chi connectivity index (χ1n) is 9.71. The molecule has 1 unspecified atom stereocenters. The normalized spacial score (nSPS) is 20.2. The lowest BCUT2D eigenvalue weighted by atomic mass is 9.57. The quantitative estimate of drug-likeness (QED) is 0.577. The maximum atomic E-state index is 13.1. The Morgan fingerprint density at radius 1 is 0.633 bits per heavy atom. The number of rotatable bonds is 6. The maximum Gasteiger partial charge on any atom is 0.335 e. The van der Waals surface area contributed by atoms with Crippen LogP contribution in [0.25, 0.3) is 0 Å². The molecule has 1 aliphatic carbocycles. The minimum Gasteiger partial charge on any atom is -0.478 e. The minimum absolute atomic E-state index is 0.0567. The van der Waals surface area contributed by atoms with E-state index >= 15 is 0 Å². The van der Waals surface area contributed by atoms with Crippen LogP contribution in [-0.4, -0.2) is 27.9 Å². The third-order valence-corrected chi connectivity index (χ3v) is 5.90. The van der Waals surface area contributed by atoms with E-state index in [1.807, 2.05) is 30.3 Å². The predicted octanol–water partition coefficient (Wildman–Crippen LogP) is 4.85. The van der Waals surface area contributed by atoms with Crippen LogP contribution >= 0.6 is 0 Å². The molecule has 0 heterocycles. The van der Waals surface area contributed by atoms with Gasteiger partial charge >= 0.3 is 11.9 Å². The molecule has 1 fully saturated rings. The molecule has 0 bridgehead atoms. The molecule has 0 aliphatic heterocycles. The van der Waals surface area contributed by atoms with Gasteiger partial charge in [-0.2, -0.15) is 0 Å². The summed E-state index contributed by atoms with van der Waals surface area (Å²) in [5.74, 6) is -2.16. The number of hydrogen-bond acceptors (Lipinski definition) is 3. The molecule has 3 aromatic rings. The highest BCUT2D eigenvalue weighted by Gasteiger charge is 2.46. The van der Waals surface area contributed by atoms with Crippen LogP contribution in [0.1, 0.15) is 60.5 Å². The first kappa shape index (κ1) is 19.6. The second kappa shape index (κ2) is 7.95. The SMILES string of the molecule is O=C(O)c1ccc([C@H]2CC(C(=O)c3ccccc3)[C@H]2c2ccc(C(=O)O)cc2)cc1. The standard InChI is InChI=1S/C25H20O5/c26-23(17-4-2-1-3-5-17)21-14-20(15-6-10-18(11-7-15)24(27)28)22(21)16-8-12-19(13-9-16)25(29)30/h1-13,20-22H,14H2,(H,27,28)(H,29,30)/t20-,21?,22+/m1/s1. The Morgan fingerprint density at radius 3 is 1.63 bits per heavy atom. The van der Waals surface area contributed by atoms with Gasteiger partial charge in [0, 0.05) is 17.4 Å². The largest absolute Gasteiger partial charge is 0.478 e. The molecule has 150 valence electrons. The molecule has 30 heavy (non-hydrogen) atoms. The van der Waals surface area contributed by atoms with Gasteiger partial charge in [-0.25, -0.2) is 9.59 Å². The first-order chi connectivity index (χ1) is 14.5. The second-order valence-electron chi connectivity index (χ2n) is 7.56. The lowest BCUT2D eigenvalue weighted by molar-refractivity contribution is 0.0685. The van der Waals surface area contributed by atoms with E-state index in [9.17, 15) is 19.5 Å². The van der Waals surface area contributed by atoms with Crippen LogP contribution in [0.3, 0.4) is 0 Å². The highest BCUT2D eigenvalue weighted by Crippen LogP contribution is 2.54. The van der Waals surface area contributed by atoms with Gasteiger partial charge in [0.05, 0.1) is 11.1 Å². The van der Waals surface area contributed by atoms with Crippen molar-refractivity contribution in [1.82, 2.24) is 0 Å². The van der Waals surface area contributed by atoms with Crippen molar-refractivity contribution in [2.75, 3.05) is 0 Å². The van der Waals surface area contributed by atoms with E-state index in [4.69, 9.17) is 5.11 Å². The van der Waals surface area contributed by atoms with E-state index in [2.05, 4.69) is 0 Å². The summed E-state index contributed by atoms with van der Waals surface area (Å²) < 4.78 is 0. The minimum atomic E-state index is -0.993. The number of ketones is 1. The zero-order valence-corrected chi connectivity index (χ0v) is 16.1. The van der Waals surface area contributed by atoms with Crippen molar-refractivity contribution in [3.63, 3.8) is 0 Å². The van der Waals surface area contributed by atoms with Crippen LogP contribution in [0.15, 0.2) is 78.9 Å². The molecule has 2 N–H and O–H groups in total. The van der Waals surface area contributed by atoms with E-state index in [0.717, 1.165) is 11.1 Å². The van der Waals surface area contributed by atoms with Gasteiger partial charge in [0.2, 0.25) is 0 Å². The number of carboxylic acids is 2. The molecule has 5 heteroatoms. The highest BCUT2D eigenvalue weighted by molar-refractivity contribution is 5.99. The molecular weight excluding hydrogens is 380 g/mol. The van der Waals surface area contributed by atoms with Crippen molar-refractivity contribution >= 4 is 17.7 Å². The van der Waals surface area contributed by atoms with Crippen LogP contribution in [0.4, 0.5) is 0 Å². The summed E-state index contributed by atoms with van der Waals surface area (Å²) in [4.78, 5) is 35.5. The lowest BCUT2D eigenvalue weighted by Gasteiger charge is -2.45. The summed E-state index contributed by atoms with van der Waals surface area (Å²) >= 11 is 0. The van der Waals surface area contributed by atoms with Crippen LogP contribution in [0.5, 0.6) is 0 Å². The molecular formula is C25H20O5. The molecule has 0 radical (unpaired) electrons. The summed E-state index contributed by atoms with van der Waals surface area (Å²) in [7, 11) is 0.